The number of aromatic amines is 1. The van der Waals surface area contributed by atoms with E-state index < -0.39 is 22.0 Å². The fraction of sp³-hybridized carbons (Fsp3) is 0.0833. The van der Waals surface area contributed by atoms with Gasteiger partial charge in [0.1, 0.15) is 6.04 Å². The van der Waals surface area contributed by atoms with E-state index in [2.05, 4.69) is 15.0 Å². The van der Waals surface area contributed by atoms with Crippen LogP contribution in [0.5, 0.6) is 0 Å². The second-order valence-electron chi connectivity index (χ2n) is 7.24. The SMILES string of the molecule is O=C(NCc1ccccc1)C(NS(=O)(=O)c1ccc2[nH]c(=O)ccc2c1)c1ccccc1. The van der Waals surface area contributed by atoms with Crippen LogP contribution in [0.3, 0.4) is 0 Å². The lowest BCUT2D eigenvalue weighted by Crippen LogP contribution is -2.40. The van der Waals surface area contributed by atoms with E-state index in [0.29, 0.717) is 16.5 Å². The van der Waals surface area contributed by atoms with Gasteiger partial charge in [0.25, 0.3) is 0 Å². The first kappa shape index (κ1) is 21.5. The molecule has 1 heterocycles. The number of sulfonamides is 1. The van der Waals surface area contributed by atoms with Crippen LogP contribution < -0.4 is 15.6 Å². The van der Waals surface area contributed by atoms with Crippen LogP contribution in [0.4, 0.5) is 0 Å². The molecule has 0 aliphatic heterocycles. The van der Waals surface area contributed by atoms with Crippen LogP contribution in [0.25, 0.3) is 10.9 Å². The van der Waals surface area contributed by atoms with Crippen LogP contribution in [0, 0.1) is 0 Å². The van der Waals surface area contributed by atoms with Gasteiger partial charge in [-0.3, -0.25) is 9.59 Å². The Morgan fingerprint density at radius 3 is 2.28 bits per heavy atom. The zero-order valence-electron chi connectivity index (χ0n) is 17.0. The maximum Gasteiger partial charge on any atom is 0.248 e. The van der Waals surface area contributed by atoms with Gasteiger partial charge in [-0.15, -0.1) is 0 Å². The van der Waals surface area contributed by atoms with Crippen molar-refractivity contribution in [3.8, 4) is 0 Å². The Bertz CT molecular complexity index is 1400. The molecular formula is C24H21N3O4S. The smallest absolute Gasteiger partial charge is 0.248 e. The molecule has 1 aromatic heterocycles. The van der Waals surface area contributed by atoms with E-state index in [1.54, 1.807) is 36.4 Å². The molecule has 1 atom stereocenters. The highest BCUT2D eigenvalue weighted by atomic mass is 32.2. The lowest BCUT2D eigenvalue weighted by molar-refractivity contribution is -0.123. The van der Waals surface area contributed by atoms with E-state index in [4.69, 9.17) is 0 Å². The van der Waals surface area contributed by atoms with E-state index in [1.807, 2.05) is 30.3 Å². The Labute approximate surface area is 185 Å². The summed E-state index contributed by atoms with van der Waals surface area (Å²) in [5, 5.41) is 3.37. The summed E-state index contributed by atoms with van der Waals surface area (Å²) in [7, 11) is -4.04. The number of amides is 1. The van der Waals surface area contributed by atoms with Gasteiger partial charge >= 0.3 is 0 Å². The third-order valence-electron chi connectivity index (χ3n) is 4.98. The van der Waals surface area contributed by atoms with Crippen molar-refractivity contribution in [2.24, 2.45) is 0 Å². The lowest BCUT2D eigenvalue weighted by Gasteiger charge is -2.19. The Morgan fingerprint density at radius 2 is 1.56 bits per heavy atom. The molecule has 1 unspecified atom stereocenters. The van der Waals surface area contributed by atoms with Crippen LogP contribution >= 0.6 is 0 Å². The lowest BCUT2D eigenvalue weighted by atomic mass is 10.1. The average molecular weight is 448 g/mol. The summed E-state index contributed by atoms with van der Waals surface area (Å²) in [6, 6.07) is 24.2. The third kappa shape index (κ3) is 4.93. The molecule has 8 heteroatoms. The van der Waals surface area contributed by atoms with Gasteiger partial charge in [-0.25, -0.2) is 8.42 Å². The maximum absolute atomic E-state index is 13.1. The molecule has 3 aromatic carbocycles. The fourth-order valence-electron chi connectivity index (χ4n) is 3.33. The summed E-state index contributed by atoms with van der Waals surface area (Å²) < 4.78 is 28.8. The number of benzene rings is 3. The summed E-state index contributed by atoms with van der Waals surface area (Å²) in [5.74, 6) is -0.464. The van der Waals surface area contributed by atoms with Gasteiger partial charge in [0.05, 0.1) is 4.90 Å². The monoisotopic (exact) mass is 447 g/mol. The molecule has 4 rings (SSSR count). The fourth-order valence-corrected chi connectivity index (χ4v) is 4.55. The first-order valence-corrected chi connectivity index (χ1v) is 11.4. The van der Waals surface area contributed by atoms with Crippen molar-refractivity contribution >= 4 is 26.8 Å². The predicted molar refractivity (Wildman–Crippen MR) is 122 cm³/mol. The van der Waals surface area contributed by atoms with E-state index >= 15 is 0 Å². The van der Waals surface area contributed by atoms with Crippen LogP contribution in [-0.4, -0.2) is 19.3 Å². The van der Waals surface area contributed by atoms with Gasteiger partial charge in [-0.05, 0) is 40.8 Å². The van der Waals surface area contributed by atoms with Crippen LogP contribution in [-0.2, 0) is 21.4 Å². The molecule has 162 valence electrons. The standard InChI is InChI=1S/C24H21N3O4S/c28-22-14-11-19-15-20(12-13-21(19)26-22)32(30,31)27-23(18-9-5-2-6-10-18)24(29)25-16-17-7-3-1-4-8-17/h1-15,23,27H,16H2,(H,25,29)(H,26,28). The van der Waals surface area contributed by atoms with Crippen molar-refractivity contribution in [1.82, 2.24) is 15.0 Å². The highest BCUT2D eigenvalue weighted by Crippen LogP contribution is 2.21. The first-order chi connectivity index (χ1) is 15.4. The summed E-state index contributed by atoms with van der Waals surface area (Å²) in [6.07, 6.45) is 0. The molecule has 0 aliphatic carbocycles. The second kappa shape index (κ2) is 9.17. The number of carbonyl (C=O) groups is 1. The minimum absolute atomic E-state index is 0.00570. The van der Waals surface area contributed by atoms with Crippen LogP contribution in [0.15, 0.2) is 101 Å². The van der Waals surface area contributed by atoms with Gasteiger partial charge < -0.3 is 10.3 Å². The number of nitrogens with one attached hydrogen (secondary N) is 3. The molecular weight excluding hydrogens is 426 g/mol. The molecule has 0 saturated heterocycles. The predicted octanol–water partition coefficient (Wildman–Crippen LogP) is 2.86. The number of fused-ring (bicyclic) bond motifs is 1. The molecule has 0 bridgehead atoms. The number of rotatable bonds is 7. The van der Waals surface area contributed by atoms with Crippen LogP contribution in [0.1, 0.15) is 17.2 Å². The molecule has 3 N–H and O–H groups in total. The number of carbonyl (C=O) groups excluding carboxylic acids is 1. The molecule has 4 aromatic rings. The Hall–Kier alpha value is -3.75. The Balaban J connectivity index is 1.62. The van der Waals surface area contributed by atoms with Gasteiger partial charge in [0, 0.05) is 18.1 Å². The largest absolute Gasteiger partial charge is 0.350 e. The van der Waals surface area contributed by atoms with Crippen molar-refractivity contribution in [2.45, 2.75) is 17.5 Å². The second-order valence-corrected chi connectivity index (χ2v) is 8.95. The normalized spacial score (nSPS) is 12.4. The molecule has 32 heavy (non-hydrogen) atoms. The number of hydrogen-bond acceptors (Lipinski definition) is 4. The summed E-state index contributed by atoms with van der Waals surface area (Å²) in [6.45, 7) is 0.272. The molecule has 7 nitrogen and oxygen atoms in total. The molecule has 0 spiro atoms. The first-order valence-electron chi connectivity index (χ1n) is 9.94. The summed E-state index contributed by atoms with van der Waals surface area (Å²) in [5.41, 5.74) is 1.67. The number of H-pyrrole nitrogens is 1. The summed E-state index contributed by atoms with van der Waals surface area (Å²) >= 11 is 0. The highest BCUT2D eigenvalue weighted by molar-refractivity contribution is 7.89. The molecule has 0 radical (unpaired) electrons. The van der Waals surface area contributed by atoms with E-state index in [0.717, 1.165) is 5.56 Å². The third-order valence-corrected chi connectivity index (χ3v) is 6.40. The van der Waals surface area contributed by atoms with Crippen molar-refractivity contribution in [3.05, 3.63) is 112 Å². The van der Waals surface area contributed by atoms with Crippen molar-refractivity contribution in [2.75, 3.05) is 0 Å². The Kier molecular flexibility index (Phi) is 6.16. The minimum Gasteiger partial charge on any atom is -0.350 e. The minimum atomic E-state index is -4.04. The topological polar surface area (TPSA) is 108 Å². The van der Waals surface area contributed by atoms with Crippen molar-refractivity contribution in [1.29, 1.82) is 0 Å². The average Bonchev–Trinajstić information content (AvgIpc) is 2.82. The Morgan fingerprint density at radius 1 is 0.875 bits per heavy atom. The van der Waals surface area contributed by atoms with Gasteiger partial charge in [-0.2, -0.15) is 4.72 Å². The van der Waals surface area contributed by atoms with Crippen molar-refractivity contribution in [3.63, 3.8) is 0 Å². The number of aromatic nitrogens is 1. The molecule has 0 fully saturated rings. The van der Waals surface area contributed by atoms with E-state index in [9.17, 15) is 18.0 Å². The number of pyridine rings is 1. The quantitative estimate of drug-likeness (QED) is 0.405. The van der Waals surface area contributed by atoms with Gasteiger partial charge in [0.15, 0.2) is 0 Å². The van der Waals surface area contributed by atoms with Gasteiger partial charge in [-0.1, -0.05) is 60.7 Å². The van der Waals surface area contributed by atoms with E-state index in [1.165, 1.54) is 24.3 Å². The zero-order valence-corrected chi connectivity index (χ0v) is 17.8. The molecule has 1 amide bonds. The van der Waals surface area contributed by atoms with E-state index in [-0.39, 0.29) is 17.0 Å². The van der Waals surface area contributed by atoms with Crippen molar-refractivity contribution < 1.29 is 13.2 Å². The molecule has 0 aliphatic rings. The highest BCUT2D eigenvalue weighted by Gasteiger charge is 2.27. The maximum atomic E-state index is 13.1. The zero-order chi connectivity index (χ0) is 22.6. The number of hydrogen-bond donors (Lipinski definition) is 3. The summed E-state index contributed by atoms with van der Waals surface area (Å²) in [4.78, 5) is 27.1. The van der Waals surface area contributed by atoms with Gasteiger partial charge in [0.2, 0.25) is 21.5 Å². The van der Waals surface area contributed by atoms with Crippen LogP contribution in [0.2, 0.25) is 0 Å². The molecule has 0 saturated carbocycles.